The minimum absolute atomic E-state index is 0.0635. The minimum Gasteiger partial charge on any atom is -0.490 e. The van der Waals surface area contributed by atoms with Crippen LogP contribution in [0.5, 0.6) is 5.75 Å². The zero-order valence-corrected chi connectivity index (χ0v) is 21.9. The number of hydrogen-bond acceptors (Lipinski definition) is 3. The highest BCUT2D eigenvalue weighted by atomic mass is 16.5. The van der Waals surface area contributed by atoms with Gasteiger partial charge in [0.15, 0.2) is 5.69 Å². The number of benzene rings is 3. The van der Waals surface area contributed by atoms with Gasteiger partial charge in [0.2, 0.25) is 0 Å². The summed E-state index contributed by atoms with van der Waals surface area (Å²) in [7, 11) is 0. The third kappa shape index (κ3) is 8.22. The Morgan fingerprint density at radius 1 is 1.03 bits per heavy atom. The Morgan fingerprint density at radius 2 is 1.76 bits per heavy atom. The third-order valence-electron chi connectivity index (χ3n) is 6.04. The van der Waals surface area contributed by atoms with Crippen LogP contribution in [-0.4, -0.2) is 17.0 Å². The molecule has 0 unspecified atom stereocenters. The average molecular weight is 499 g/mol. The lowest BCUT2D eigenvalue weighted by atomic mass is 9.93. The molecule has 0 radical (unpaired) electrons. The number of rotatable bonds is 11. The van der Waals surface area contributed by atoms with E-state index in [9.17, 15) is 14.7 Å². The molecule has 0 aliphatic carbocycles. The number of amides is 1. The van der Waals surface area contributed by atoms with Gasteiger partial charge in [-0.2, -0.15) is 0 Å². The second kappa shape index (κ2) is 12.7. The number of ether oxygens (including phenoxy) is 1. The van der Waals surface area contributed by atoms with Gasteiger partial charge in [0.1, 0.15) is 12.4 Å². The molecule has 6 heteroatoms. The third-order valence-corrected chi connectivity index (χ3v) is 6.04. The lowest BCUT2D eigenvalue weighted by Crippen LogP contribution is -2.30. The molecule has 37 heavy (non-hydrogen) atoms. The van der Waals surface area contributed by atoms with Crippen LogP contribution in [0.25, 0.3) is 4.85 Å². The molecule has 3 rings (SSSR count). The molecule has 6 nitrogen and oxygen atoms in total. The predicted octanol–water partition coefficient (Wildman–Crippen LogP) is 6.97. The number of aryl methyl sites for hydroxylation is 3. The highest BCUT2D eigenvalue weighted by Crippen LogP contribution is 2.26. The summed E-state index contributed by atoms with van der Waals surface area (Å²) >= 11 is 0. The first-order chi connectivity index (χ1) is 17.6. The van der Waals surface area contributed by atoms with E-state index >= 15 is 0 Å². The number of nitrogens with one attached hydrogen (secondary N) is 1. The van der Waals surface area contributed by atoms with E-state index in [2.05, 4.69) is 42.2 Å². The zero-order valence-electron chi connectivity index (χ0n) is 21.9. The Kier molecular flexibility index (Phi) is 9.45. The van der Waals surface area contributed by atoms with Crippen LogP contribution in [-0.2, 0) is 17.8 Å². The maximum Gasteiger partial charge on any atom is 0.303 e. The van der Waals surface area contributed by atoms with Crippen LogP contribution < -0.4 is 10.1 Å². The topological polar surface area (TPSA) is 80.0 Å². The van der Waals surface area contributed by atoms with Crippen molar-refractivity contribution < 1.29 is 19.4 Å². The normalized spacial score (nSPS) is 11.6. The Hall–Kier alpha value is -4.11. The summed E-state index contributed by atoms with van der Waals surface area (Å²) in [4.78, 5) is 28.3. The van der Waals surface area contributed by atoms with Crippen molar-refractivity contribution >= 4 is 17.6 Å². The molecule has 2 N–H and O–H groups in total. The fourth-order valence-corrected chi connectivity index (χ4v) is 4.39. The van der Waals surface area contributed by atoms with Gasteiger partial charge in [0.25, 0.3) is 5.91 Å². The largest absolute Gasteiger partial charge is 0.490 e. The highest BCUT2D eigenvalue weighted by Gasteiger charge is 2.20. The molecule has 0 aromatic heterocycles. The lowest BCUT2D eigenvalue weighted by Gasteiger charge is -2.23. The van der Waals surface area contributed by atoms with Crippen LogP contribution in [0.1, 0.15) is 70.9 Å². The number of carbonyl (C=O) groups is 2. The van der Waals surface area contributed by atoms with E-state index in [1.807, 2.05) is 19.9 Å². The summed E-state index contributed by atoms with van der Waals surface area (Å²) < 4.78 is 5.87. The quantitative estimate of drug-likeness (QED) is 0.280. The van der Waals surface area contributed by atoms with Gasteiger partial charge in [-0.3, -0.25) is 9.59 Å². The van der Waals surface area contributed by atoms with E-state index in [-0.39, 0.29) is 31.4 Å². The molecule has 3 aromatic rings. The van der Waals surface area contributed by atoms with Crippen LogP contribution in [0.15, 0.2) is 60.7 Å². The van der Waals surface area contributed by atoms with E-state index in [1.54, 1.807) is 36.4 Å². The van der Waals surface area contributed by atoms with Crippen molar-refractivity contribution in [2.24, 2.45) is 5.92 Å². The van der Waals surface area contributed by atoms with Gasteiger partial charge in [-0.1, -0.05) is 67.4 Å². The van der Waals surface area contributed by atoms with E-state index < -0.39 is 5.97 Å². The average Bonchev–Trinajstić information content (AvgIpc) is 2.85. The van der Waals surface area contributed by atoms with Crippen LogP contribution in [0, 0.1) is 26.3 Å². The molecule has 0 bridgehead atoms. The summed E-state index contributed by atoms with van der Waals surface area (Å²) in [6.45, 7) is 15.7. The number of aliphatic carboxylic acids is 1. The van der Waals surface area contributed by atoms with Crippen molar-refractivity contribution in [3.05, 3.63) is 105 Å². The van der Waals surface area contributed by atoms with Gasteiger partial charge >= 0.3 is 5.97 Å². The molecule has 0 spiro atoms. The SMILES string of the molecule is [C-]#[N+]c1cccc(OCc2ccc(CCC(=O)O)c(C(=O)N[C@H](CC(C)C)c3cc(C)cc(C)c3)c2)c1. The van der Waals surface area contributed by atoms with Crippen LogP contribution in [0.3, 0.4) is 0 Å². The van der Waals surface area contributed by atoms with Crippen LogP contribution >= 0.6 is 0 Å². The van der Waals surface area contributed by atoms with Gasteiger partial charge in [0.05, 0.1) is 12.6 Å². The molecular formula is C31H34N2O4. The number of carboxylic acids is 1. The summed E-state index contributed by atoms with van der Waals surface area (Å²) in [6.07, 6.45) is 0.968. The van der Waals surface area contributed by atoms with Crippen molar-refractivity contribution in [3.63, 3.8) is 0 Å². The van der Waals surface area contributed by atoms with Crippen molar-refractivity contribution in [3.8, 4) is 5.75 Å². The number of carboxylic acid groups (broad SMARTS) is 1. The first kappa shape index (κ1) is 27.5. The summed E-state index contributed by atoms with van der Waals surface area (Å²) in [5, 5.41) is 12.4. The molecule has 0 saturated carbocycles. The maximum atomic E-state index is 13.6. The first-order valence-electron chi connectivity index (χ1n) is 12.5. The summed E-state index contributed by atoms with van der Waals surface area (Å²) in [5.41, 5.74) is 5.75. The van der Waals surface area contributed by atoms with Gasteiger partial charge in [-0.25, -0.2) is 4.85 Å². The molecule has 0 fully saturated rings. The van der Waals surface area contributed by atoms with Crippen molar-refractivity contribution in [2.45, 2.75) is 59.6 Å². The van der Waals surface area contributed by atoms with E-state index in [1.165, 1.54) is 0 Å². The molecule has 0 saturated heterocycles. The van der Waals surface area contributed by atoms with Crippen molar-refractivity contribution in [1.82, 2.24) is 5.32 Å². The second-order valence-electron chi connectivity index (χ2n) is 9.86. The molecule has 3 aromatic carbocycles. The number of hydrogen-bond donors (Lipinski definition) is 2. The fraction of sp³-hybridized carbons (Fsp3) is 0.323. The molecule has 1 atom stereocenters. The fourth-order valence-electron chi connectivity index (χ4n) is 4.39. The maximum absolute atomic E-state index is 13.6. The van der Waals surface area contributed by atoms with Crippen molar-refractivity contribution in [1.29, 1.82) is 0 Å². The standard InChI is InChI=1S/C31H34N2O4/c1-20(2)13-29(25-15-21(3)14-22(4)16-25)33-31(36)28-17-23(9-10-24(28)11-12-30(34)35)19-37-27-8-6-7-26(18-27)32-5/h6-10,14-18,20,29H,11-13,19H2,1-4H3,(H,33,36)(H,34,35)/t29-/m1/s1. The monoisotopic (exact) mass is 498 g/mol. The van der Waals surface area contributed by atoms with Crippen molar-refractivity contribution in [2.75, 3.05) is 0 Å². The van der Waals surface area contributed by atoms with Crippen LogP contribution in [0.2, 0.25) is 0 Å². The van der Waals surface area contributed by atoms with Crippen LogP contribution in [0.4, 0.5) is 5.69 Å². The van der Waals surface area contributed by atoms with E-state index in [0.717, 1.165) is 28.7 Å². The zero-order chi connectivity index (χ0) is 26.9. The van der Waals surface area contributed by atoms with Gasteiger partial charge in [-0.05, 0) is 67.5 Å². The van der Waals surface area contributed by atoms with Gasteiger partial charge in [0, 0.05) is 12.0 Å². The van der Waals surface area contributed by atoms with Gasteiger partial charge in [-0.15, -0.1) is 0 Å². The number of carbonyl (C=O) groups excluding carboxylic acids is 1. The number of nitrogens with zero attached hydrogens (tertiary/aromatic N) is 1. The lowest BCUT2D eigenvalue weighted by molar-refractivity contribution is -0.136. The second-order valence-corrected chi connectivity index (χ2v) is 9.86. The molecule has 0 heterocycles. The van der Waals surface area contributed by atoms with Gasteiger partial charge < -0.3 is 15.2 Å². The Bertz CT molecular complexity index is 1290. The van der Waals surface area contributed by atoms with E-state index in [0.29, 0.717) is 28.5 Å². The molecular weight excluding hydrogens is 464 g/mol. The smallest absolute Gasteiger partial charge is 0.303 e. The molecule has 0 aliphatic heterocycles. The Morgan fingerprint density at radius 3 is 2.41 bits per heavy atom. The molecule has 1 amide bonds. The predicted molar refractivity (Wildman–Crippen MR) is 145 cm³/mol. The molecule has 0 aliphatic rings. The Labute approximate surface area is 219 Å². The minimum atomic E-state index is -0.911. The summed E-state index contributed by atoms with van der Waals surface area (Å²) in [6, 6.07) is 18.5. The molecule has 192 valence electrons. The summed E-state index contributed by atoms with van der Waals surface area (Å²) in [5.74, 6) is -0.210. The Balaban J connectivity index is 1.89. The van der Waals surface area contributed by atoms with E-state index in [4.69, 9.17) is 11.3 Å². The highest BCUT2D eigenvalue weighted by molar-refractivity contribution is 5.96. The first-order valence-corrected chi connectivity index (χ1v) is 12.5.